The predicted molar refractivity (Wildman–Crippen MR) is 90.5 cm³/mol. The standard InChI is InChI=1S/C18H18ClN3O/c19-15-3-4-17-16(10-15)21-18(23-17)14-5-8-22(9-6-14)12-13-2-1-7-20-11-13/h1-4,7,10-11,14H,5-6,8-9,12H2. The molecule has 0 aliphatic carbocycles. The van der Waals surface area contributed by atoms with Crippen LogP contribution in [0, 0.1) is 0 Å². The van der Waals surface area contributed by atoms with Crippen LogP contribution in [0.15, 0.2) is 47.1 Å². The van der Waals surface area contributed by atoms with Crippen molar-refractivity contribution in [2.75, 3.05) is 13.1 Å². The van der Waals surface area contributed by atoms with Gasteiger partial charge >= 0.3 is 0 Å². The first-order valence-corrected chi connectivity index (χ1v) is 8.33. The van der Waals surface area contributed by atoms with Crippen molar-refractivity contribution in [3.8, 4) is 0 Å². The van der Waals surface area contributed by atoms with Gasteiger partial charge in [-0.3, -0.25) is 9.88 Å². The summed E-state index contributed by atoms with van der Waals surface area (Å²) in [6.45, 7) is 3.07. The Kier molecular flexibility index (Phi) is 4.02. The Hall–Kier alpha value is -1.91. The second-order valence-electron chi connectivity index (χ2n) is 6.08. The number of halogens is 1. The molecule has 0 saturated carbocycles. The highest BCUT2D eigenvalue weighted by atomic mass is 35.5. The number of hydrogen-bond acceptors (Lipinski definition) is 4. The molecule has 1 aliphatic rings. The molecule has 23 heavy (non-hydrogen) atoms. The van der Waals surface area contributed by atoms with Crippen molar-refractivity contribution in [1.29, 1.82) is 0 Å². The number of likely N-dealkylation sites (tertiary alicyclic amines) is 1. The highest BCUT2D eigenvalue weighted by Crippen LogP contribution is 2.31. The van der Waals surface area contributed by atoms with Gasteiger partial charge in [0.25, 0.3) is 0 Å². The summed E-state index contributed by atoms with van der Waals surface area (Å²) >= 11 is 6.02. The Labute approximate surface area is 140 Å². The fourth-order valence-corrected chi connectivity index (χ4v) is 3.35. The molecular formula is C18H18ClN3O. The van der Waals surface area contributed by atoms with Crippen molar-refractivity contribution in [1.82, 2.24) is 14.9 Å². The predicted octanol–water partition coefficient (Wildman–Crippen LogP) is 4.26. The molecule has 0 spiro atoms. The molecule has 4 rings (SSSR count). The van der Waals surface area contributed by atoms with Crippen LogP contribution in [0.25, 0.3) is 11.1 Å². The van der Waals surface area contributed by atoms with Gasteiger partial charge in [-0.15, -0.1) is 0 Å². The highest BCUT2D eigenvalue weighted by molar-refractivity contribution is 6.31. The molecule has 4 nitrogen and oxygen atoms in total. The summed E-state index contributed by atoms with van der Waals surface area (Å²) in [7, 11) is 0. The maximum Gasteiger partial charge on any atom is 0.198 e. The number of rotatable bonds is 3. The third-order valence-corrected chi connectivity index (χ3v) is 4.67. The van der Waals surface area contributed by atoms with E-state index in [9.17, 15) is 0 Å². The minimum absolute atomic E-state index is 0.395. The van der Waals surface area contributed by atoms with Crippen LogP contribution in [-0.4, -0.2) is 28.0 Å². The summed E-state index contributed by atoms with van der Waals surface area (Å²) in [5.74, 6) is 1.25. The third-order valence-electron chi connectivity index (χ3n) is 4.43. The molecule has 2 aromatic heterocycles. The molecule has 1 saturated heterocycles. The van der Waals surface area contributed by atoms with Crippen LogP contribution in [0.4, 0.5) is 0 Å². The van der Waals surface area contributed by atoms with E-state index in [1.165, 1.54) is 5.56 Å². The van der Waals surface area contributed by atoms with Gasteiger partial charge in [0.15, 0.2) is 11.5 Å². The molecule has 5 heteroatoms. The molecule has 0 bridgehead atoms. The normalized spacial score (nSPS) is 16.9. The highest BCUT2D eigenvalue weighted by Gasteiger charge is 2.24. The Balaban J connectivity index is 1.42. The molecular weight excluding hydrogens is 310 g/mol. The van der Waals surface area contributed by atoms with Crippen LogP contribution in [0.2, 0.25) is 5.02 Å². The van der Waals surface area contributed by atoms with E-state index < -0.39 is 0 Å². The zero-order chi connectivity index (χ0) is 15.6. The van der Waals surface area contributed by atoms with E-state index in [2.05, 4.69) is 20.9 Å². The van der Waals surface area contributed by atoms with Gasteiger partial charge in [0.05, 0.1) is 0 Å². The lowest BCUT2D eigenvalue weighted by molar-refractivity contribution is 0.194. The topological polar surface area (TPSA) is 42.2 Å². The first kappa shape index (κ1) is 14.7. The number of oxazole rings is 1. The molecule has 1 aromatic carbocycles. The van der Waals surface area contributed by atoms with Crippen LogP contribution >= 0.6 is 11.6 Å². The zero-order valence-corrected chi connectivity index (χ0v) is 13.5. The molecule has 0 amide bonds. The lowest BCUT2D eigenvalue weighted by atomic mass is 9.96. The summed E-state index contributed by atoms with van der Waals surface area (Å²) in [4.78, 5) is 11.3. The van der Waals surface area contributed by atoms with E-state index in [0.29, 0.717) is 10.9 Å². The number of hydrogen-bond donors (Lipinski definition) is 0. The van der Waals surface area contributed by atoms with Crippen LogP contribution in [-0.2, 0) is 6.54 Å². The largest absolute Gasteiger partial charge is 0.440 e. The Bertz CT molecular complexity index is 794. The zero-order valence-electron chi connectivity index (χ0n) is 12.8. The average Bonchev–Trinajstić information content (AvgIpc) is 2.99. The van der Waals surface area contributed by atoms with E-state index in [1.807, 2.05) is 36.7 Å². The van der Waals surface area contributed by atoms with Gasteiger partial charge in [-0.1, -0.05) is 17.7 Å². The van der Waals surface area contributed by atoms with Crippen molar-refractivity contribution < 1.29 is 4.42 Å². The van der Waals surface area contributed by atoms with Crippen LogP contribution in [0.3, 0.4) is 0 Å². The first-order chi connectivity index (χ1) is 11.3. The van der Waals surface area contributed by atoms with Gasteiger partial charge in [-0.2, -0.15) is 0 Å². The quantitative estimate of drug-likeness (QED) is 0.721. The van der Waals surface area contributed by atoms with Crippen molar-refractivity contribution in [2.24, 2.45) is 0 Å². The molecule has 1 fully saturated rings. The van der Waals surface area contributed by atoms with Gasteiger partial charge in [0.1, 0.15) is 5.52 Å². The molecule has 1 aliphatic heterocycles. The monoisotopic (exact) mass is 327 g/mol. The average molecular weight is 328 g/mol. The van der Waals surface area contributed by atoms with Crippen LogP contribution < -0.4 is 0 Å². The minimum atomic E-state index is 0.395. The van der Waals surface area contributed by atoms with E-state index >= 15 is 0 Å². The molecule has 0 N–H and O–H groups in total. The molecule has 0 atom stereocenters. The molecule has 0 unspecified atom stereocenters. The number of benzene rings is 1. The Morgan fingerprint density at radius 1 is 1.22 bits per heavy atom. The van der Waals surface area contributed by atoms with Gasteiger partial charge in [-0.25, -0.2) is 4.98 Å². The molecule has 118 valence electrons. The van der Waals surface area contributed by atoms with Crippen molar-refractivity contribution >= 4 is 22.7 Å². The summed E-state index contributed by atoms with van der Waals surface area (Å²) in [5.41, 5.74) is 2.94. The molecule has 3 heterocycles. The van der Waals surface area contributed by atoms with Gasteiger partial charge in [0.2, 0.25) is 0 Å². The van der Waals surface area contributed by atoms with Crippen LogP contribution in [0.5, 0.6) is 0 Å². The van der Waals surface area contributed by atoms with Gasteiger partial charge in [-0.05, 0) is 55.8 Å². The maximum atomic E-state index is 6.02. The summed E-state index contributed by atoms with van der Waals surface area (Å²) < 4.78 is 5.92. The fourth-order valence-electron chi connectivity index (χ4n) is 3.18. The first-order valence-electron chi connectivity index (χ1n) is 7.95. The summed E-state index contributed by atoms with van der Waals surface area (Å²) in [6.07, 6.45) is 5.90. The van der Waals surface area contributed by atoms with Crippen molar-refractivity contribution in [2.45, 2.75) is 25.3 Å². The SMILES string of the molecule is Clc1ccc2oc(C3CCN(Cc4cccnc4)CC3)nc2c1. The fraction of sp³-hybridized carbons (Fsp3) is 0.333. The summed E-state index contributed by atoms with van der Waals surface area (Å²) in [6, 6.07) is 9.72. The van der Waals surface area contributed by atoms with E-state index in [0.717, 1.165) is 49.5 Å². The number of fused-ring (bicyclic) bond motifs is 1. The maximum absolute atomic E-state index is 6.02. The Morgan fingerprint density at radius 2 is 2.09 bits per heavy atom. The molecule has 3 aromatic rings. The molecule has 0 radical (unpaired) electrons. The lowest BCUT2D eigenvalue weighted by Gasteiger charge is -2.30. The van der Waals surface area contributed by atoms with E-state index in [1.54, 1.807) is 0 Å². The third kappa shape index (κ3) is 3.23. The van der Waals surface area contributed by atoms with Crippen molar-refractivity contribution in [3.63, 3.8) is 0 Å². The lowest BCUT2D eigenvalue weighted by Crippen LogP contribution is -2.32. The van der Waals surface area contributed by atoms with E-state index in [-0.39, 0.29) is 0 Å². The minimum Gasteiger partial charge on any atom is -0.440 e. The number of piperidine rings is 1. The Morgan fingerprint density at radius 3 is 2.87 bits per heavy atom. The number of nitrogens with zero attached hydrogens (tertiary/aromatic N) is 3. The van der Waals surface area contributed by atoms with E-state index in [4.69, 9.17) is 16.0 Å². The second-order valence-corrected chi connectivity index (χ2v) is 6.51. The number of pyridine rings is 1. The summed E-state index contributed by atoms with van der Waals surface area (Å²) in [5, 5.41) is 0.698. The van der Waals surface area contributed by atoms with Gasteiger partial charge in [0, 0.05) is 29.9 Å². The van der Waals surface area contributed by atoms with Crippen molar-refractivity contribution in [3.05, 3.63) is 59.2 Å². The van der Waals surface area contributed by atoms with Crippen LogP contribution in [0.1, 0.15) is 30.2 Å². The number of aromatic nitrogens is 2. The smallest absolute Gasteiger partial charge is 0.198 e. The second kappa shape index (κ2) is 6.30. The van der Waals surface area contributed by atoms with Gasteiger partial charge < -0.3 is 4.42 Å².